The summed E-state index contributed by atoms with van der Waals surface area (Å²) in [4.78, 5) is 0. The Morgan fingerprint density at radius 1 is 1.54 bits per heavy atom. The number of thiol groups is 1. The Morgan fingerprint density at radius 2 is 2.15 bits per heavy atom. The van der Waals surface area contributed by atoms with Crippen molar-refractivity contribution in [1.82, 2.24) is 0 Å². The molecule has 0 amide bonds. The molecule has 0 rings (SSSR count). The minimum Gasteiger partial charge on any atom is -0.478 e. The molecule has 0 aromatic rings. The fourth-order valence-electron chi connectivity index (χ4n) is 0.633. The van der Waals surface area contributed by atoms with Gasteiger partial charge in [-0.2, -0.15) is 12.6 Å². The molecule has 0 aliphatic carbocycles. The predicted molar refractivity (Wildman–Crippen MR) is 60.8 cm³/mol. The van der Waals surface area contributed by atoms with Crippen LogP contribution in [0.1, 0.15) is 33.6 Å². The van der Waals surface area contributed by atoms with Crippen molar-refractivity contribution in [1.29, 1.82) is 5.41 Å². The normalized spacial score (nSPS) is 15.7. The molecule has 0 bridgehead atoms. The van der Waals surface area contributed by atoms with Gasteiger partial charge >= 0.3 is 0 Å². The van der Waals surface area contributed by atoms with Gasteiger partial charge in [0, 0.05) is 4.75 Å². The first-order valence-electron chi connectivity index (χ1n) is 4.64. The van der Waals surface area contributed by atoms with Crippen LogP contribution in [0.2, 0.25) is 0 Å². The summed E-state index contributed by atoms with van der Waals surface area (Å²) in [6.07, 6.45) is 5.44. The van der Waals surface area contributed by atoms with Gasteiger partial charge in [0.15, 0.2) is 0 Å². The molecule has 0 heterocycles. The van der Waals surface area contributed by atoms with E-state index in [9.17, 15) is 0 Å². The second-order valence-electron chi connectivity index (χ2n) is 3.26. The van der Waals surface area contributed by atoms with Crippen LogP contribution in [0.4, 0.5) is 0 Å². The van der Waals surface area contributed by atoms with E-state index >= 15 is 0 Å². The lowest BCUT2D eigenvalue weighted by molar-refractivity contribution is 0.304. The molecule has 1 N–H and O–H groups in total. The van der Waals surface area contributed by atoms with Gasteiger partial charge in [0.05, 0.1) is 6.61 Å². The third-order valence-corrected chi connectivity index (χ3v) is 2.24. The monoisotopic (exact) mass is 201 g/mol. The molecule has 13 heavy (non-hydrogen) atoms. The summed E-state index contributed by atoms with van der Waals surface area (Å²) in [5.74, 6) is 0.218. The molecular formula is C10H19NOS. The molecule has 0 aliphatic rings. The van der Waals surface area contributed by atoms with Crippen LogP contribution in [-0.4, -0.2) is 17.3 Å². The average Bonchev–Trinajstić information content (AvgIpc) is 2.11. The first-order chi connectivity index (χ1) is 6.02. The third-order valence-electron chi connectivity index (χ3n) is 1.77. The van der Waals surface area contributed by atoms with Gasteiger partial charge in [-0.1, -0.05) is 19.9 Å². The highest BCUT2D eigenvalue weighted by molar-refractivity contribution is 7.82. The Morgan fingerprint density at radius 3 is 2.62 bits per heavy atom. The van der Waals surface area contributed by atoms with Crippen molar-refractivity contribution in [3.8, 4) is 0 Å². The van der Waals surface area contributed by atoms with E-state index in [2.05, 4.69) is 19.6 Å². The first kappa shape index (κ1) is 12.6. The lowest BCUT2D eigenvalue weighted by atomic mass is 10.1. The molecule has 3 heteroatoms. The van der Waals surface area contributed by atoms with Crippen molar-refractivity contribution in [2.75, 3.05) is 6.61 Å². The zero-order valence-electron chi connectivity index (χ0n) is 8.63. The quantitative estimate of drug-likeness (QED) is 0.400. The molecule has 76 valence electrons. The Bertz CT molecular complexity index is 187. The van der Waals surface area contributed by atoms with Crippen LogP contribution in [0.5, 0.6) is 0 Å². The molecule has 0 fully saturated rings. The summed E-state index contributed by atoms with van der Waals surface area (Å²) in [6, 6.07) is 0. The van der Waals surface area contributed by atoms with E-state index in [4.69, 9.17) is 10.1 Å². The van der Waals surface area contributed by atoms with Crippen molar-refractivity contribution < 1.29 is 4.74 Å². The Labute approximate surface area is 86.3 Å². The summed E-state index contributed by atoms with van der Waals surface area (Å²) in [7, 11) is 0. The highest BCUT2D eigenvalue weighted by Crippen LogP contribution is 2.19. The van der Waals surface area contributed by atoms with Gasteiger partial charge < -0.3 is 4.74 Å². The molecular weight excluding hydrogens is 182 g/mol. The zero-order valence-corrected chi connectivity index (χ0v) is 9.53. The Balaban J connectivity index is 3.90. The lowest BCUT2D eigenvalue weighted by Gasteiger charge is -2.15. The zero-order chi connectivity index (χ0) is 10.3. The van der Waals surface area contributed by atoms with Gasteiger partial charge in [-0.25, -0.2) is 0 Å². The number of ether oxygens (including phenoxy) is 1. The molecule has 0 aromatic carbocycles. The summed E-state index contributed by atoms with van der Waals surface area (Å²) >= 11 is 4.41. The maximum Gasteiger partial charge on any atom is 0.205 e. The van der Waals surface area contributed by atoms with Crippen molar-refractivity contribution in [2.24, 2.45) is 0 Å². The van der Waals surface area contributed by atoms with Crippen LogP contribution in [0.25, 0.3) is 0 Å². The topological polar surface area (TPSA) is 33.1 Å². The van der Waals surface area contributed by atoms with Crippen molar-refractivity contribution in [2.45, 2.75) is 38.4 Å². The van der Waals surface area contributed by atoms with Crippen LogP contribution in [0.15, 0.2) is 12.2 Å². The average molecular weight is 201 g/mol. The standard InChI is InChI=1S/C10H19NOS/c1-4-8-12-9(11)6-7-10(3,13)5-2/h6-7,11,13H,4-5,8H2,1-3H3/b7-6-,11-9?/t10-/m1/s1. The number of rotatable bonds is 5. The molecule has 2 nitrogen and oxygen atoms in total. The molecule has 0 saturated heterocycles. The summed E-state index contributed by atoms with van der Waals surface area (Å²) in [6.45, 7) is 6.71. The third kappa shape index (κ3) is 6.70. The Kier molecular flexibility index (Phi) is 5.88. The van der Waals surface area contributed by atoms with Gasteiger partial charge in [0.2, 0.25) is 5.90 Å². The minimum absolute atomic E-state index is 0.137. The molecule has 0 saturated carbocycles. The molecule has 0 aliphatic heterocycles. The molecule has 0 aromatic heterocycles. The highest BCUT2D eigenvalue weighted by Gasteiger charge is 2.11. The number of nitrogens with one attached hydrogen (secondary N) is 1. The highest BCUT2D eigenvalue weighted by atomic mass is 32.1. The molecule has 0 spiro atoms. The maximum absolute atomic E-state index is 7.40. The van der Waals surface area contributed by atoms with Crippen LogP contribution in [-0.2, 0) is 4.74 Å². The van der Waals surface area contributed by atoms with Gasteiger partial charge in [-0.05, 0) is 25.8 Å². The van der Waals surface area contributed by atoms with Crippen LogP contribution >= 0.6 is 12.6 Å². The van der Waals surface area contributed by atoms with Crippen LogP contribution in [0, 0.1) is 5.41 Å². The lowest BCUT2D eigenvalue weighted by Crippen LogP contribution is -2.11. The van der Waals surface area contributed by atoms with Crippen molar-refractivity contribution in [3.05, 3.63) is 12.2 Å². The van der Waals surface area contributed by atoms with E-state index in [1.54, 1.807) is 6.08 Å². The van der Waals surface area contributed by atoms with E-state index in [1.807, 2.05) is 19.9 Å². The van der Waals surface area contributed by atoms with Gasteiger partial charge in [0.25, 0.3) is 0 Å². The van der Waals surface area contributed by atoms with E-state index in [-0.39, 0.29) is 10.6 Å². The van der Waals surface area contributed by atoms with E-state index in [0.29, 0.717) is 6.61 Å². The number of hydrogen-bond donors (Lipinski definition) is 2. The van der Waals surface area contributed by atoms with Gasteiger partial charge in [-0.3, -0.25) is 5.41 Å². The van der Waals surface area contributed by atoms with E-state index in [0.717, 1.165) is 12.8 Å². The first-order valence-corrected chi connectivity index (χ1v) is 5.09. The second-order valence-corrected chi connectivity index (χ2v) is 4.28. The van der Waals surface area contributed by atoms with Crippen LogP contribution < -0.4 is 0 Å². The van der Waals surface area contributed by atoms with Crippen molar-refractivity contribution >= 4 is 18.5 Å². The summed E-state index contributed by atoms with van der Waals surface area (Å²) in [5, 5.41) is 7.40. The fraction of sp³-hybridized carbons (Fsp3) is 0.700. The smallest absolute Gasteiger partial charge is 0.205 e. The van der Waals surface area contributed by atoms with Gasteiger partial charge in [-0.15, -0.1) is 0 Å². The van der Waals surface area contributed by atoms with E-state index < -0.39 is 0 Å². The van der Waals surface area contributed by atoms with Crippen LogP contribution in [0.3, 0.4) is 0 Å². The predicted octanol–water partition coefficient (Wildman–Crippen LogP) is 3.04. The minimum atomic E-state index is -0.137. The number of hydrogen-bond acceptors (Lipinski definition) is 3. The molecule has 0 radical (unpaired) electrons. The largest absolute Gasteiger partial charge is 0.478 e. The maximum atomic E-state index is 7.40. The molecule has 1 atom stereocenters. The fourth-order valence-corrected chi connectivity index (χ4v) is 0.708. The SMILES string of the molecule is CCCOC(=N)/C=C\[C@](C)(S)CC. The Hall–Kier alpha value is -0.440. The second kappa shape index (κ2) is 6.08. The molecule has 0 unspecified atom stereocenters. The summed E-state index contributed by atoms with van der Waals surface area (Å²) in [5.41, 5.74) is 0. The van der Waals surface area contributed by atoms with Crippen molar-refractivity contribution in [3.63, 3.8) is 0 Å². The summed E-state index contributed by atoms with van der Waals surface area (Å²) < 4.78 is 4.96. The van der Waals surface area contributed by atoms with Gasteiger partial charge in [0.1, 0.15) is 0 Å². The van der Waals surface area contributed by atoms with E-state index in [1.165, 1.54) is 0 Å².